The molecule has 0 spiro atoms. The van der Waals surface area contributed by atoms with Gasteiger partial charge in [-0.25, -0.2) is 0 Å². The average Bonchev–Trinajstić information content (AvgIpc) is 2.95. The third-order valence-corrected chi connectivity index (χ3v) is 4.98. The molecule has 3 nitrogen and oxygen atoms in total. The van der Waals surface area contributed by atoms with Gasteiger partial charge in [-0.1, -0.05) is 54.1 Å². The van der Waals surface area contributed by atoms with E-state index in [4.69, 9.17) is 0 Å². The quantitative estimate of drug-likeness (QED) is 0.541. The van der Waals surface area contributed by atoms with Crippen LogP contribution in [0.1, 0.15) is 11.1 Å². The summed E-state index contributed by atoms with van der Waals surface area (Å²) < 4.78 is 2.22. The van der Waals surface area contributed by atoms with E-state index < -0.39 is 6.10 Å². The van der Waals surface area contributed by atoms with Crippen LogP contribution in [0.2, 0.25) is 0 Å². The first-order chi connectivity index (χ1) is 12.6. The second kappa shape index (κ2) is 6.85. The highest BCUT2D eigenvalue weighted by molar-refractivity contribution is 6.07. The van der Waals surface area contributed by atoms with Crippen molar-refractivity contribution in [3.8, 4) is 0 Å². The summed E-state index contributed by atoms with van der Waals surface area (Å²) in [5.74, 6) is 0. The topological polar surface area (TPSA) is 37.2 Å². The Kier molecular flexibility index (Phi) is 4.39. The number of para-hydroxylation sites is 2. The summed E-state index contributed by atoms with van der Waals surface area (Å²) in [7, 11) is 0. The molecule has 0 unspecified atom stereocenters. The fourth-order valence-corrected chi connectivity index (χ4v) is 3.72. The fourth-order valence-electron chi connectivity index (χ4n) is 3.72. The normalized spacial score (nSPS) is 12.6. The summed E-state index contributed by atoms with van der Waals surface area (Å²) in [6, 6.07) is 23.1. The summed E-state index contributed by atoms with van der Waals surface area (Å²) in [5, 5.41) is 16.5. The van der Waals surface area contributed by atoms with E-state index in [1.54, 1.807) is 0 Å². The van der Waals surface area contributed by atoms with Gasteiger partial charge in [-0.15, -0.1) is 0 Å². The number of hydrogen-bond donors (Lipinski definition) is 2. The minimum absolute atomic E-state index is 0.477. The molecule has 0 aliphatic carbocycles. The van der Waals surface area contributed by atoms with Gasteiger partial charge >= 0.3 is 0 Å². The lowest BCUT2D eigenvalue weighted by atomic mass is 10.1. The van der Waals surface area contributed by atoms with Crippen LogP contribution in [0.3, 0.4) is 0 Å². The molecule has 0 saturated heterocycles. The Morgan fingerprint density at radius 1 is 0.885 bits per heavy atom. The van der Waals surface area contributed by atoms with Gasteiger partial charge in [-0.05, 0) is 37.6 Å². The average molecular weight is 344 g/mol. The maximum absolute atomic E-state index is 10.7. The molecule has 0 radical (unpaired) electrons. The van der Waals surface area contributed by atoms with Crippen LogP contribution < -0.4 is 5.32 Å². The Balaban J connectivity index is 1.58. The highest BCUT2D eigenvalue weighted by Gasteiger charge is 2.13. The molecule has 4 rings (SSSR count). The maximum atomic E-state index is 10.7. The zero-order valence-corrected chi connectivity index (χ0v) is 15.2. The van der Waals surface area contributed by atoms with E-state index in [2.05, 4.69) is 90.5 Å². The lowest BCUT2D eigenvalue weighted by molar-refractivity contribution is 0.169. The standard InChI is InChI=1S/C23H24N2O/c1-16-11-12-21(17(2)13-16)24-14-18(26)15-25-22-9-5-3-7-19(22)20-8-4-6-10-23(20)25/h3-13,18,24,26H,14-15H2,1-2H3/t18-/m0/s1. The number of hydrogen-bond acceptors (Lipinski definition) is 2. The molecule has 2 N–H and O–H groups in total. The van der Waals surface area contributed by atoms with Crippen LogP contribution >= 0.6 is 0 Å². The Morgan fingerprint density at radius 2 is 1.50 bits per heavy atom. The molecule has 1 aromatic heterocycles. The van der Waals surface area contributed by atoms with Crippen LogP contribution in [0.5, 0.6) is 0 Å². The van der Waals surface area contributed by atoms with Gasteiger partial charge in [0.25, 0.3) is 0 Å². The van der Waals surface area contributed by atoms with Crippen molar-refractivity contribution in [2.24, 2.45) is 0 Å². The van der Waals surface area contributed by atoms with E-state index in [1.165, 1.54) is 32.9 Å². The summed E-state index contributed by atoms with van der Waals surface area (Å²) in [6.45, 7) is 5.26. The molecular weight excluding hydrogens is 320 g/mol. The monoisotopic (exact) mass is 344 g/mol. The van der Waals surface area contributed by atoms with Crippen molar-refractivity contribution in [3.63, 3.8) is 0 Å². The van der Waals surface area contributed by atoms with Crippen molar-refractivity contribution in [1.29, 1.82) is 0 Å². The van der Waals surface area contributed by atoms with Crippen LogP contribution in [-0.4, -0.2) is 22.3 Å². The second-order valence-electron chi connectivity index (χ2n) is 7.00. The maximum Gasteiger partial charge on any atom is 0.0891 e. The Morgan fingerprint density at radius 3 is 2.12 bits per heavy atom. The molecule has 3 heteroatoms. The van der Waals surface area contributed by atoms with Gasteiger partial charge in [0.15, 0.2) is 0 Å². The van der Waals surface area contributed by atoms with Gasteiger partial charge in [-0.2, -0.15) is 0 Å². The number of anilines is 1. The SMILES string of the molecule is Cc1ccc(NC[C@H](O)Cn2c3ccccc3c3ccccc32)c(C)c1. The first-order valence-corrected chi connectivity index (χ1v) is 9.08. The van der Waals surface area contributed by atoms with E-state index in [-0.39, 0.29) is 0 Å². The second-order valence-corrected chi connectivity index (χ2v) is 7.00. The molecule has 0 saturated carbocycles. The molecule has 132 valence electrons. The molecule has 3 aromatic carbocycles. The number of nitrogens with one attached hydrogen (secondary N) is 1. The summed E-state index contributed by atoms with van der Waals surface area (Å²) in [4.78, 5) is 0. The van der Waals surface area contributed by atoms with Crippen molar-refractivity contribution in [2.75, 3.05) is 11.9 Å². The Hall–Kier alpha value is -2.78. The molecule has 0 aliphatic heterocycles. The minimum atomic E-state index is -0.477. The molecule has 0 aliphatic rings. The van der Waals surface area contributed by atoms with Gasteiger partial charge in [0.1, 0.15) is 0 Å². The third-order valence-electron chi connectivity index (χ3n) is 4.98. The van der Waals surface area contributed by atoms with Crippen molar-refractivity contribution in [2.45, 2.75) is 26.5 Å². The number of aliphatic hydroxyl groups excluding tert-OH is 1. The summed E-state index contributed by atoms with van der Waals surface area (Å²) in [6.07, 6.45) is -0.477. The van der Waals surface area contributed by atoms with Gasteiger partial charge in [0.05, 0.1) is 12.6 Å². The van der Waals surface area contributed by atoms with Crippen LogP contribution in [0, 0.1) is 13.8 Å². The summed E-state index contributed by atoms with van der Waals surface area (Å²) >= 11 is 0. The number of fused-ring (bicyclic) bond motifs is 3. The van der Waals surface area contributed by atoms with Crippen molar-refractivity contribution < 1.29 is 5.11 Å². The number of rotatable bonds is 5. The lowest BCUT2D eigenvalue weighted by Crippen LogP contribution is -2.25. The van der Waals surface area contributed by atoms with Crippen LogP contribution in [0.15, 0.2) is 66.7 Å². The van der Waals surface area contributed by atoms with Gasteiger partial charge in [-0.3, -0.25) is 0 Å². The molecule has 1 heterocycles. The van der Waals surface area contributed by atoms with Crippen LogP contribution in [-0.2, 0) is 6.54 Å². The number of aliphatic hydroxyl groups is 1. The van der Waals surface area contributed by atoms with E-state index >= 15 is 0 Å². The molecule has 1 atom stereocenters. The molecule has 0 fully saturated rings. The van der Waals surface area contributed by atoms with Crippen molar-refractivity contribution in [3.05, 3.63) is 77.9 Å². The van der Waals surface area contributed by atoms with E-state index in [0.717, 1.165) is 5.69 Å². The van der Waals surface area contributed by atoms with Gasteiger partial charge in [0.2, 0.25) is 0 Å². The number of aryl methyl sites for hydroxylation is 2. The first-order valence-electron chi connectivity index (χ1n) is 9.08. The highest BCUT2D eigenvalue weighted by Crippen LogP contribution is 2.28. The van der Waals surface area contributed by atoms with E-state index in [1.807, 2.05) is 0 Å². The lowest BCUT2D eigenvalue weighted by Gasteiger charge is -2.17. The predicted octanol–water partition coefficient (Wildman–Crippen LogP) is 4.88. The fraction of sp³-hybridized carbons (Fsp3) is 0.217. The molecule has 26 heavy (non-hydrogen) atoms. The van der Waals surface area contributed by atoms with Gasteiger partial charge < -0.3 is 15.0 Å². The summed E-state index contributed by atoms with van der Waals surface area (Å²) in [5.41, 5.74) is 5.86. The smallest absolute Gasteiger partial charge is 0.0891 e. The Bertz CT molecular complexity index is 1010. The molecule has 0 bridgehead atoms. The number of benzene rings is 3. The van der Waals surface area contributed by atoms with Crippen LogP contribution in [0.4, 0.5) is 5.69 Å². The largest absolute Gasteiger partial charge is 0.389 e. The van der Waals surface area contributed by atoms with E-state index in [9.17, 15) is 5.11 Å². The highest BCUT2D eigenvalue weighted by atomic mass is 16.3. The zero-order valence-electron chi connectivity index (χ0n) is 15.2. The number of nitrogens with zero attached hydrogens (tertiary/aromatic N) is 1. The Labute approximate surface area is 153 Å². The van der Waals surface area contributed by atoms with Crippen molar-refractivity contribution >= 4 is 27.5 Å². The zero-order chi connectivity index (χ0) is 18.1. The third kappa shape index (κ3) is 3.06. The minimum Gasteiger partial charge on any atom is -0.389 e. The molecule has 4 aromatic rings. The predicted molar refractivity (Wildman–Crippen MR) is 110 cm³/mol. The van der Waals surface area contributed by atoms with E-state index in [0.29, 0.717) is 13.1 Å². The number of aromatic nitrogens is 1. The molecule has 0 amide bonds. The molecular formula is C23H24N2O. The van der Waals surface area contributed by atoms with Crippen LogP contribution in [0.25, 0.3) is 21.8 Å². The first kappa shape index (κ1) is 16.7. The van der Waals surface area contributed by atoms with Gasteiger partial charge in [0, 0.05) is 34.0 Å². The van der Waals surface area contributed by atoms with Crippen molar-refractivity contribution in [1.82, 2.24) is 4.57 Å².